The molecule has 8 nitrogen and oxygen atoms in total. The molecule has 0 radical (unpaired) electrons. The van der Waals surface area contributed by atoms with Gasteiger partial charge in [-0.1, -0.05) is 11.6 Å². The van der Waals surface area contributed by atoms with Crippen LogP contribution in [-0.4, -0.2) is 50.3 Å². The van der Waals surface area contributed by atoms with E-state index in [1.165, 1.54) is 13.5 Å². The van der Waals surface area contributed by atoms with Crippen LogP contribution in [0.2, 0.25) is 5.02 Å². The molecule has 1 aliphatic rings. The standard InChI is InChI=1S/C19H25ClN6O2/c1-25(2)17-15(12-21-18(24-17)26-9-5-4-6-10-26)23-19(27)22-13-7-8-14(20)16(11-13)28-3/h7-8,11-12H,4-6,9-10H2,1-3H3,(H2,22,23,27). The van der Waals surface area contributed by atoms with Crippen LogP contribution in [0.4, 0.5) is 27.9 Å². The molecule has 1 aromatic carbocycles. The number of halogens is 1. The van der Waals surface area contributed by atoms with Crippen LogP contribution in [-0.2, 0) is 0 Å². The molecule has 0 bridgehead atoms. The first kappa shape index (κ1) is 20.0. The van der Waals surface area contributed by atoms with Crippen molar-refractivity contribution in [2.45, 2.75) is 19.3 Å². The van der Waals surface area contributed by atoms with Crippen LogP contribution in [0, 0.1) is 0 Å². The lowest BCUT2D eigenvalue weighted by atomic mass is 10.1. The Morgan fingerprint density at radius 3 is 2.64 bits per heavy atom. The molecule has 2 heterocycles. The number of hydrogen-bond donors (Lipinski definition) is 2. The number of ether oxygens (including phenoxy) is 1. The van der Waals surface area contributed by atoms with Crippen LogP contribution >= 0.6 is 11.6 Å². The quantitative estimate of drug-likeness (QED) is 0.787. The summed E-state index contributed by atoms with van der Waals surface area (Å²) in [5.74, 6) is 1.83. The Morgan fingerprint density at radius 2 is 1.96 bits per heavy atom. The molecule has 150 valence electrons. The van der Waals surface area contributed by atoms with Crippen molar-refractivity contribution in [1.29, 1.82) is 0 Å². The Kier molecular flexibility index (Phi) is 6.41. The van der Waals surface area contributed by atoms with E-state index in [9.17, 15) is 4.79 Å². The lowest BCUT2D eigenvalue weighted by molar-refractivity contribution is 0.262. The van der Waals surface area contributed by atoms with Crippen molar-refractivity contribution in [2.24, 2.45) is 0 Å². The van der Waals surface area contributed by atoms with E-state index < -0.39 is 6.03 Å². The van der Waals surface area contributed by atoms with E-state index in [4.69, 9.17) is 16.3 Å². The van der Waals surface area contributed by atoms with Gasteiger partial charge in [0.25, 0.3) is 0 Å². The van der Waals surface area contributed by atoms with Gasteiger partial charge in [-0.3, -0.25) is 0 Å². The van der Waals surface area contributed by atoms with Gasteiger partial charge in [-0.05, 0) is 31.4 Å². The molecule has 9 heteroatoms. The average molecular weight is 405 g/mol. The van der Waals surface area contributed by atoms with Gasteiger partial charge in [0, 0.05) is 38.9 Å². The highest BCUT2D eigenvalue weighted by Crippen LogP contribution is 2.28. The molecule has 3 rings (SSSR count). The fraction of sp³-hybridized carbons (Fsp3) is 0.421. The summed E-state index contributed by atoms with van der Waals surface area (Å²) < 4.78 is 5.17. The molecule has 0 unspecified atom stereocenters. The van der Waals surface area contributed by atoms with Gasteiger partial charge in [0.15, 0.2) is 5.82 Å². The second kappa shape index (κ2) is 8.97. The van der Waals surface area contributed by atoms with E-state index in [2.05, 4.69) is 25.5 Å². The number of aromatic nitrogens is 2. The molecular weight excluding hydrogens is 380 g/mol. The predicted molar refractivity (Wildman–Crippen MR) is 113 cm³/mol. The van der Waals surface area contributed by atoms with E-state index in [1.807, 2.05) is 19.0 Å². The fourth-order valence-corrected chi connectivity index (χ4v) is 3.26. The van der Waals surface area contributed by atoms with Crippen LogP contribution in [0.15, 0.2) is 24.4 Å². The normalized spacial score (nSPS) is 13.8. The number of benzene rings is 1. The molecule has 2 aromatic rings. The number of piperidine rings is 1. The van der Waals surface area contributed by atoms with Crippen LogP contribution in [0.3, 0.4) is 0 Å². The first-order valence-electron chi connectivity index (χ1n) is 9.19. The first-order valence-corrected chi connectivity index (χ1v) is 9.56. The summed E-state index contributed by atoms with van der Waals surface area (Å²) in [6.45, 7) is 1.91. The van der Waals surface area contributed by atoms with Gasteiger partial charge < -0.3 is 25.2 Å². The monoisotopic (exact) mass is 404 g/mol. The third kappa shape index (κ3) is 4.75. The van der Waals surface area contributed by atoms with Gasteiger partial charge in [-0.2, -0.15) is 4.98 Å². The summed E-state index contributed by atoms with van der Waals surface area (Å²) in [6.07, 6.45) is 5.18. The van der Waals surface area contributed by atoms with Crippen molar-refractivity contribution in [2.75, 3.05) is 54.7 Å². The van der Waals surface area contributed by atoms with E-state index in [0.29, 0.717) is 33.9 Å². The van der Waals surface area contributed by atoms with Crippen LogP contribution < -0.4 is 25.2 Å². The fourth-order valence-electron chi connectivity index (χ4n) is 3.06. The van der Waals surface area contributed by atoms with Gasteiger partial charge in [-0.25, -0.2) is 9.78 Å². The second-order valence-electron chi connectivity index (χ2n) is 6.78. The minimum atomic E-state index is -0.401. The predicted octanol–water partition coefficient (Wildman–Crippen LogP) is 3.84. The molecule has 2 amide bonds. The van der Waals surface area contributed by atoms with Crippen LogP contribution in [0.25, 0.3) is 0 Å². The van der Waals surface area contributed by atoms with E-state index in [0.717, 1.165) is 25.9 Å². The van der Waals surface area contributed by atoms with Crippen molar-refractivity contribution in [1.82, 2.24) is 9.97 Å². The summed E-state index contributed by atoms with van der Waals surface area (Å²) in [5, 5.41) is 6.05. The summed E-state index contributed by atoms with van der Waals surface area (Å²) in [5.41, 5.74) is 1.10. The van der Waals surface area contributed by atoms with Gasteiger partial charge in [0.05, 0.1) is 18.3 Å². The SMILES string of the molecule is COc1cc(NC(=O)Nc2cnc(N3CCCCC3)nc2N(C)C)ccc1Cl. The zero-order chi connectivity index (χ0) is 20.1. The maximum absolute atomic E-state index is 12.4. The molecule has 1 aliphatic heterocycles. The second-order valence-corrected chi connectivity index (χ2v) is 7.19. The van der Waals surface area contributed by atoms with E-state index in [1.54, 1.807) is 24.4 Å². The maximum Gasteiger partial charge on any atom is 0.323 e. The summed E-state index contributed by atoms with van der Waals surface area (Å²) in [7, 11) is 5.29. The molecule has 0 atom stereocenters. The third-order valence-corrected chi connectivity index (χ3v) is 4.79. The molecule has 1 aromatic heterocycles. The molecule has 28 heavy (non-hydrogen) atoms. The Morgan fingerprint density at radius 1 is 1.21 bits per heavy atom. The van der Waals surface area contributed by atoms with Crippen molar-refractivity contribution < 1.29 is 9.53 Å². The molecule has 0 spiro atoms. The number of urea groups is 1. The molecule has 0 aliphatic carbocycles. The number of carbonyl (C=O) groups excluding carboxylic acids is 1. The average Bonchev–Trinajstić information content (AvgIpc) is 2.70. The number of nitrogens with one attached hydrogen (secondary N) is 2. The van der Waals surface area contributed by atoms with Crippen LogP contribution in [0.5, 0.6) is 5.75 Å². The summed E-state index contributed by atoms with van der Waals surface area (Å²) in [6, 6.07) is 4.62. The number of carbonyl (C=O) groups is 1. The number of methoxy groups -OCH3 is 1. The van der Waals surface area contributed by atoms with Crippen molar-refractivity contribution in [3.8, 4) is 5.75 Å². The maximum atomic E-state index is 12.4. The lowest BCUT2D eigenvalue weighted by Crippen LogP contribution is -2.31. The third-order valence-electron chi connectivity index (χ3n) is 4.48. The Hall–Kier alpha value is -2.74. The van der Waals surface area contributed by atoms with Gasteiger partial charge in [0.2, 0.25) is 5.95 Å². The number of anilines is 4. The Bertz CT molecular complexity index is 839. The number of hydrogen-bond acceptors (Lipinski definition) is 6. The Labute approximate surface area is 169 Å². The summed E-state index contributed by atoms with van der Waals surface area (Å²) in [4.78, 5) is 25.6. The molecule has 2 N–H and O–H groups in total. The van der Waals surface area contributed by atoms with Gasteiger partial charge in [0.1, 0.15) is 11.4 Å². The largest absolute Gasteiger partial charge is 0.495 e. The molecule has 0 saturated carbocycles. The molecule has 1 saturated heterocycles. The zero-order valence-corrected chi connectivity index (χ0v) is 17.1. The first-order chi connectivity index (χ1) is 13.5. The van der Waals surface area contributed by atoms with Crippen molar-refractivity contribution >= 4 is 40.8 Å². The van der Waals surface area contributed by atoms with E-state index >= 15 is 0 Å². The van der Waals surface area contributed by atoms with Crippen molar-refractivity contribution in [3.63, 3.8) is 0 Å². The molecular formula is C19H25ClN6O2. The van der Waals surface area contributed by atoms with E-state index in [-0.39, 0.29) is 0 Å². The van der Waals surface area contributed by atoms with Gasteiger partial charge >= 0.3 is 6.03 Å². The minimum Gasteiger partial charge on any atom is -0.495 e. The van der Waals surface area contributed by atoms with Crippen LogP contribution in [0.1, 0.15) is 19.3 Å². The minimum absolute atomic E-state index is 0.401. The van der Waals surface area contributed by atoms with Gasteiger partial charge in [-0.15, -0.1) is 0 Å². The number of rotatable bonds is 5. The highest BCUT2D eigenvalue weighted by atomic mass is 35.5. The highest BCUT2D eigenvalue weighted by Gasteiger charge is 2.18. The lowest BCUT2D eigenvalue weighted by Gasteiger charge is -2.28. The van der Waals surface area contributed by atoms with Crippen molar-refractivity contribution in [3.05, 3.63) is 29.4 Å². The highest BCUT2D eigenvalue weighted by molar-refractivity contribution is 6.32. The zero-order valence-electron chi connectivity index (χ0n) is 16.3. The summed E-state index contributed by atoms with van der Waals surface area (Å²) >= 11 is 6.02. The number of nitrogens with zero attached hydrogens (tertiary/aromatic N) is 4. The smallest absolute Gasteiger partial charge is 0.323 e. The topological polar surface area (TPSA) is 82.6 Å². The Balaban J connectivity index is 1.74. The molecule has 1 fully saturated rings. The number of amides is 2.